The van der Waals surface area contributed by atoms with Gasteiger partial charge in [0, 0.05) is 37.8 Å². The second kappa shape index (κ2) is 8.89. The summed E-state index contributed by atoms with van der Waals surface area (Å²) >= 11 is 0. The molecule has 0 spiro atoms. The Morgan fingerprint density at radius 1 is 1.39 bits per heavy atom. The normalized spacial score (nSPS) is 23.3. The first-order valence-corrected chi connectivity index (χ1v) is 8.54. The fraction of sp³-hybridized carbons (Fsp3) is 0.611. The van der Waals surface area contributed by atoms with E-state index in [-0.39, 0.29) is 24.7 Å². The van der Waals surface area contributed by atoms with Crippen molar-refractivity contribution in [2.75, 3.05) is 13.2 Å². The molecule has 0 aliphatic carbocycles. The maximum Gasteiger partial charge on any atom is 0.315 e. The summed E-state index contributed by atoms with van der Waals surface area (Å²) in [7, 11) is 0. The van der Waals surface area contributed by atoms with Gasteiger partial charge in [0.15, 0.2) is 0 Å². The van der Waals surface area contributed by atoms with Crippen molar-refractivity contribution >= 4 is 6.03 Å². The van der Waals surface area contributed by atoms with Crippen molar-refractivity contribution in [1.29, 1.82) is 0 Å². The van der Waals surface area contributed by atoms with Crippen LogP contribution in [0.15, 0.2) is 30.3 Å². The summed E-state index contributed by atoms with van der Waals surface area (Å²) in [6, 6.07) is 11.1. The van der Waals surface area contributed by atoms with E-state index in [1.165, 1.54) is 5.56 Å². The van der Waals surface area contributed by atoms with Gasteiger partial charge in [0.05, 0.1) is 0 Å². The molecule has 1 heterocycles. The van der Waals surface area contributed by atoms with Gasteiger partial charge in [-0.3, -0.25) is 4.90 Å². The van der Waals surface area contributed by atoms with Crippen LogP contribution in [0.5, 0.6) is 0 Å². The van der Waals surface area contributed by atoms with Gasteiger partial charge in [-0.1, -0.05) is 30.3 Å². The smallest absolute Gasteiger partial charge is 0.315 e. The Hall–Kier alpha value is -1.59. The van der Waals surface area contributed by atoms with Crippen LogP contribution in [0, 0.1) is 0 Å². The first kappa shape index (κ1) is 17.8. The second-order valence-corrected chi connectivity index (χ2v) is 6.56. The van der Waals surface area contributed by atoms with E-state index in [1.54, 1.807) is 0 Å². The van der Waals surface area contributed by atoms with Crippen LogP contribution in [-0.4, -0.2) is 47.3 Å². The lowest BCUT2D eigenvalue weighted by atomic mass is 9.97. The molecule has 128 valence electrons. The highest BCUT2D eigenvalue weighted by Crippen LogP contribution is 2.19. The number of aliphatic hydroxyl groups excluding tert-OH is 1. The number of carbonyl (C=O) groups is 1. The molecule has 0 aromatic heterocycles. The molecule has 2 unspecified atom stereocenters. The standard InChI is InChI=1S/C18H29N3O2/c1-14(9-11-22)19-18(23)20-17-8-10-21(15(2)12-17)13-16-6-4-3-5-7-16/h3-7,14-15,17,22H,8-13H2,1-2H3,(H2,19,20,23)/t14-,15?,17?/m1/s1. The van der Waals surface area contributed by atoms with Gasteiger partial charge < -0.3 is 15.7 Å². The molecule has 3 N–H and O–H groups in total. The lowest BCUT2D eigenvalue weighted by Crippen LogP contribution is -2.51. The van der Waals surface area contributed by atoms with Gasteiger partial charge in [-0.25, -0.2) is 4.79 Å². The molecule has 1 aromatic carbocycles. The quantitative estimate of drug-likeness (QED) is 0.752. The summed E-state index contributed by atoms with van der Waals surface area (Å²) in [5.41, 5.74) is 1.33. The molecule has 1 aromatic rings. The third kappa shape index (κ3) is 5.84. The number of nitrogens with one attached hydrogen (secondary N) is 2. The highest BCUT2D eigenvalue weighted by Gasteiger charge is 2.26. The predicted molar refractivity (Wildman–Crippen MR) is 92.2 cm³/mol. The molecule has 0 saturated carbocycles. The van der Waals surface area contributed by atoms with Crippen LogP contribution in [0.2, 0.25) is 0 Å². The van der Waals surface area contributed by atoms with Crippen LogP contribution >= 0.6 is 0 Å². The van der Waals surface area contributed by atoms with E-state index in [2.05, 4.69) is 46.7 Å². The molecule has 1 fully saturated rings. The minimum atomic E-state index is -0.125. The largest absolute Gasteiger partial charge is 0.396 e. The highest BCUT2D eigenvalue weighted by molar-refractivity contribution is 5.74. The molecule has 2 rings (SSSR count). The first-order valence-electron chi connectivity index (χ1n) is 8.54. The zero-order chi connectivity index (χ0) is 16.7. The van der Waals surface area contributed by atoms with E-state index in [0.29, 0.717) is 12.5 Å². The Labute approximate surface area is 139 Å². The van der Waals surface area contributed by atoms with E-state index in [0.717, 1.165) is 25.9 Å². The number of piperidine rings is 1. The number of benzene rings is 1. The molecule has 0 radical (unpaired) electrons. The topological polar surface area (TPSA) is 64.6 Å². The molecule has 0 bridgehead atoms. The Kier molecular flexibility index (Phi) is 6.86. The number of nitrogens with zero attached hydrogens (tertiary/aromatic N) is 1. The molecule has 3 atom stereocenters. The van der Waals surface area contributed by atoms with Crippen molar-refractivity contribution in [3.63, 3.8) is 0 Å². The summed E-state index contributed by atoms with van der Waals surface area (Å²) in [6.45, 7) is 6.18. The van der Waals surface area contributed by atoms with Gasteiger partial charge in [0.1, 0.15) is 0 Å². The first-order chi connectivity index (χ1) is 11.1. The second-order valence-electron chi connectivity index (χ2n) is 6.56. The fourth-order valence-electron chi connectivity index (χ4n) is 3.12. The number of likely N-dealkylation sites (tertiary alicyclic amines) is 1. The van der Waals surface area contributed by atoms with Crippen molar-refractivity contribution in [2.45, 2.75) is 57.8 Å². The Balaban J connectivity index is 1.76. The van der Waals surface area contributed by atoms with Gasteiger partial charge >= 0.3 is 6.03 Å². The minimum absolute atomic E-state index is 0.00408. The number of rotatable bonds is 6. The van der Waals surface area contributed by atoms with Gasteiger partial charge in [-0.2, -0.15) is 0 Å². The maximum atomic E-state index is 12.0. The summed E-state index contributed by atoms with van der Waals surface area (Å²) in [5, 5.41) is 14.8. The van der Waals surface area contributed by atoms with Crippen LogP contribution in [0.25, 0.3) is 0 Å². The van der Waals surface area contributed by atoms with Crippen molar-refractivity contribution < 1.29 is 9.90 Å². The molecular formula is C18H29N3O2. The van der Waals surface area contributed by atoms with E-state index >= 15 is 0 Å². The summed E-state index contributed by atoms with van der Waals surface area (Å²) in [5.74, 6) is 0. The number of urea groups is 1. The lowest BCUT2D eigenvalue weighted by Gasteiger charge is -2.38. The van der Waals surface area contributed by atoms with Crippen LogP contribution in [0.4, 0.5) is 4.79 Å². The predicted octanol–water partition coefficient (Wildman–Crippen LogP) is 2.11. The monoisotopic (exact) mass is 319 g/mol. The molecule has 1 aliphatic rings. The molecule has 2 amide bonds. The van der Waals surface area contributed by atoms with Gasteiger partial charge in [0.2, 0.25) is 0 Å². The number of amides is 2. The molecule has 1 saturated heterocycles. The minimum Gasteiger partial charge on any atom is -0.396 e. The van der Waals surface area contributed by atoms with E-state index in [1.807, 2.05) is 13.0 Å². The van der Waals surface area contributed by atoms with Crippen molar-refractivity contribution in [3.05, 3.63) is 35.9 Å². The van der Waals surface area contributed by atoms with Crippen LogP contribution in [0.1, 0.15) is 38.7 Å². The van der Waals surface area contributed by atoms with Gasteiger partial charge in [-0.05, 0) is 38.7 Å². The molecular weight excluding hydrogens is 290 g/mol. The number of hydrogen-bond donors (Lipinski definition) is 3. The average molecular weight is 319 g/mol. The van der Waals surface area contributed by atoms with Gasteiger partial charge in [-0.15, -0.1) is 0 Å². The third-order valence-corrected chi connectivity index (χ3v) is 4.52. The van der Waals surface area contributed by atoms with Crippen LogP contribution in [0.3, 0.4) is 0 Å². The Bertz CT molecular complexity index is 480. The van der Waals surface area contributed by atoms with Crippen LogP contribution < -0.4 is 10.6 Å². The van der Waals surface area contributed by atoms with E-state index in [9.17, 15) is 4.79 Å². The number of aliphatic hydroxyl groups is 1. The SMILES string of the molecule is CC1CC(NC(=O)N[C@H](C)CCO)CCN1Cc1ccccc1. The summed E-state index contributed by atoms with van der Waals surface area (Å²) in [4.78, 5) is 14.4. The fourth-order valence-corrected chi connectivity index (χ4v) is 3.12. The van der Waals surface area contributed by atoms with Gasteiger partial charge in [0.25, 0.3) is 0 Å². The van der Waals surface area contributed by atoms with Crippen molar-refractivity contribution in [2.24, 2.45) is 0 Å². The van der Waals surface area contributed by atoms with E-state index < -0.39 is 0 Å². The van der Waals surface area contributed by atoms with Crippen molar-refractivity contribution in [1.82, 2.24) is 15.5 Å². The Morgan fingerprint density at radius 3 is 2.78 bits per heavy atom. The Morgan fingerprint density at radius 2 is 2.13 bits per heavy atom. The molecule has 5 nitrogen and oxygen atoms in total. The molecule has 1 aliphatic heterocycles. The number of hydrogen-bond acceptors (Lipinski definition) is 3. The van der Waals surface area contributed by atoms with Crippen LogP contribution in [-0.2, 0) is 6.54 Å². The number of carbonyl (C=O) groups excluding carboxylic acids is 1. The average Bonchev–Trinajstić information content (AvgIpc) is 2.51. The van der Waals surface area contributed by atoms with E-state index in [4.69, 9.17) is 5.11 Å². The zero-order valence-corrected chi connectivity index (χ0v) is 14.2. The summed E-state index contributed by atoms with van der Waals surface area (Å²) < 4.78 is 0. The highest BCUT2D eigenvalue weighted by atomic mass is 16.3. The van der Waals surface area contributed by atoms with Crippen molar-refractivity contribution in [3.8, 4) is 0 Å². The summed E-state index contributed by atoms with van der Waals surface area (Å²) in [6.07, 6.45) is 2.52. The zero-order valence-electron chi connectivity index (χ0n) is 14.2. The molecule has 23 heavy (non-hydrogen) atoms. The lowest BCUT2D eigenvalue weighted by molar-refractivity contribution is 0.129. The molecule has 5 heteroatoms. The third-order valence-electron chi connectivity index (χ3n) is 4.52. The maximum absolute atomic E-state index is 12.0.